The Morgan fingerprint density at radius 2 is 1.97 bits per heavy atom. The van der Waals surface area contributed by atoms with Crippen LogP contribution in [-0.4, -0.2) is 45.9 Å². The van der Waals surface area contributed by atoms with Crippen molar-refractivity contribution in [3.63, 3.8) is 0 Å². The molecule has 0 aliphatic carbocycles. The molecule has 1 aromatic carbocycles. The molecule has 0 radical (unpaired) electrons. The molecule has 1 unspecified atom stereocenters. The van der Waals surface area contributed by atoms with Crippen molar-refractivity contribution in [2.75, 3.05) is 13.9 Å². The Bertz CT molecular complexity index is 1310. The molecule has 34 heavy (non-hydrogen) atoms. The molecule has 2 heterocycles. The Kier molecular flexibility index (Phi) is 7.51. The van der Waals surface area contributed by atoms with Crippen LogP contribution in [0.3, 0.4) is 0 Å². The number of hydrogen-bond acceptors (Lipinski definition) is 7. The molecule has 0 N–H and O–H groups in total. The molecule has 1 atom stereocenters. The van der Waals surface area contributed by atoms with Crippen LogP contribution in [0.4, 0.5) is 9.18 Å². The summed E-state index contributed by atoms with van der Waals surface area (Å²) in [5, 5.41) is 0. The molecule has 178 valence electrons. The third kappa shape index (κ3) is 5.86. The lowest BCUT2D eigenvalue weighted by molar-refractivity contribution is -0.0991. The Balaban J connectivity index is 2.06. The molecule has 0 bridgehead atoms. The molecule has 3 aromatic rings. The molecule has 0 spiro atoms. The zero-order valence-electron chi connectivity index (χ0n) is 19.3. The summed E-state index contributed by atoms with van der Waals surface area (Å²) in [5.41, 5.74) is -1.33. The zero-order valence-corrected chi connectivity index (χ0v) is 20.9. The van der Waals surface area contributed by atoms with Crippen LogP contribution in [0.2, 0.25) is 0 Å². The largest absolute Gasteiger partial charge is 0.443 e. The predicted molar refractivity (Wildman–Crippen MR) is 126 cm³/mol. The first-order valence-electron chi connectivity index (χ1n) is 10.2. The highest BCUT2D eigenvalue weighted by molar-refractivity contribution is 9.10. The Morgan fingerprint density at radius 3 is 2.62 bits per heavy atom. The smallest absolute Gasteiger partial charge is 0.420 e. The summed E-state index contributed by atoms with van der Waals surface area (Å²) >= 11 is 3.23. The lowest BCUT2D eigenvalue weighted by Gasteiger charge is -2.24. The first kappa shape index (κ1) is 25.5. The molecule has 0 saturated carbocycles. The molecule has 10 heteroatoms. The number of ketones is 1. The van der Waals surface area contributed by atoms with Gasteiger partial charge >= 0.3 is 6.09 Å². The zero-order chi connectivity index (χ0) is 25.1. The molecule has 0 saturated heterocycles. The summed E-state index contributed by atoms with van der Waals surface area (Å²) < 4.78 is 31.4. The van der Waals surface area contributed by atoms with Gasteiger partial charge < -0.3 is 14.2 Å². The summed E-state index contributed by atoms with van der Waals surface area (Å²) in [6.07, 6.45) is 1.98. The average molecular weight is 532 g/mol. The number of halogens is 2. The monoisotopic (exact) mass is 531 g/mol. The van der Waals surface area contributed by atoms with Crippen molar-refractivity contribution in [2.45, 2.75) is 38.9 Å². The minimum absolute atomic E-state index is 0.0514. The number of hydrogen-bond donors (Lipinski definition) is 0. The number of benzene rings is 1. The Labute approximate surface area is 204 Å². The summed E-state index contributed by atoms with van der Waals surface area (Å²) in [7, 11) is 1.44. The van der Waals surface area contributed by atoms with Gasteiger partial charge in [0.25, 0.3) is 0 Å². The number of rotatable bonds is 5. The van der Waals surface area contributed by atoms with Crippen molar-refractivity contribution < 1.29 is 28.2 Å². The number of ether oxygens (including phenoxy) is 3. The van der Waals surface area contributed by atoms with Crippen LogP contribution in [0.1, 0.15) is 43.6 Å². The number of carbonyl (C=O) groups is 2. The number of methoxy groups -OCH3 is 1. The van der Waals surface area contributed by atoms with Crippen molar-refractivity contribution in [2.24, 2.45) is 0 Å². The second kappa shape index (κ2) is 10.0. The number of fused-ring (bicyclic) bond motifs is 1. The van der Waals surface area contributed by atoms with Crippen LogP contribution >= 0.6 is 15.9 Å². The van der Waals surface area contributed by atoms with Crippen LogP contribution in [0.25, 0.3) is 11.2 Å². The van der Waals surface area contributed by atoms with Crippen molar-refractivity contribution >= 4 is 39.0 Å². The number of aromatic nitrogens is 3. The fourth-order valence-electron chi connectivity index (χ4n) is 2.98. The number of carbonyl (C=O) groups excluding carboxylic acids is 2. The fraction of sp³-hybridized carbons (Fsp3) is 0.333. The number of nitrogens with zero attached hydrogens (tertiary/aromatic N) is 3. The van der Waals surface area contributed by atoms with E-state index in [-0.39, 0.29) is 23.5 Å². The van der Waals surface area contributed by atoms with Crippen molar-refractivity contribution in [3.05, 3.63) is 58.2 Å². The van der Waals surface area contributed by atoms with E-state index >= 15 is 0 Å². The highest BCUT2D eigenvalue weighted by atomic mass is 79.9. The summed E-state index contributed by atoms with van der Waals surface area (Å²) in [6, 6.07) is 5.71. The maximum Gasteiger partial charge on any atom is 0.420 e. The van der Waals surface area contributed by atoms with Gasteiger partial charge in [0.05, 0.1) is 11.8 Å². The van der Waals surface area contributed by atoms with Gasteiger partial charge in [0.15, 0.2) is 11.2 Å². The second-order valence-electron chi connectivity index (χ2n) is 8.43. The molecular weight excluding hydrogens is 509 g/mol. The van der Waals surface area contributed by atoms with E-state index in [9.17, 15) is 14.0 Å². The van der Waals surface area contributed by atoms with Crippen LogP contribution in [0.15, 0.2) is 41.3 Å². The summed E-state index contributed by atoms with van der Waals surface area (Å²) in [5.74, 6) is 4.20. The van der Waals surface area contributed by atoms with Gasteiger partial charge in [0.2, 0.25) is 5.78 Å². The Hall–Kier alpha value is -3.13. The van der Waals surface area contributed by atoms with Crippen LogP contribution in [0, 0.1) is 17.7 Å². The van der Waals surface area contributed by atoms with E-state index in [2.05, 4.69) is 37.7 Å². The SMILES string of the molecule is COCOC(C)(C#CC(=O)c1cn(C(=O)OC(C)(C)C)c2ncc(Br)nc12)c1cccc(F)c1. The van der Waals surface area contributed by atoms with Crippen molar-refractivity contribution in [1.82, 2.24) is 14.5 Å². The summed E-state index contributed by atoms with van der Waals surface area (Å²) in [6.45, 7) is 6.64. The van der Waals surface area contributed by atoms with Crippen molar-refractivity contribution in [3.8, 4) is 11.8 Å². The molecule has 0 fully saturated rings. The topological polar surface area (TPSA) is 92.5 Å². The molecule has 8 nitrogen and oxygen atoms in total. The maximum absolute atomic E-state index is 13.8. The van der Waals surface area contributed by atoms with E-state index in [1.54, 1.807) is 33.8 Å². The molecule has 0 aliphatic rings. The Morgan fingerprint density at radius 1 is 1.24 bits per heavy atom. The molecule has 2 aromatic heterocycles. The minimum Gasteiger partial charge on any atom is -0.443 e. The third-order valence-electron chi connectivity index (χ3n) is 4.56. The van der Waals surface area contributed by atoms with Gasteiger partial charge in [-0.25, -0.2) is 23.7 Å². The fourth-order valence-corrected chi connectivity index (χ4v) is 3.26. The van der Waals surface area contributed by atoms with Crippen molar-refractivity contribution in [1.29, 1.82) is 0 Å². The van der Waals surface area contributed by atoms with E-state index in [0.29, 0.717) is 10.2 Å². The first-order valence-corrected chi connectivity index (χ1v) is 11.0. The summed E-state index contributed by atoms with van der Waals surface area (Å²) in [4.78, 5) is 34.3. The lowest BCUT2D eigenvalue weighted by Crippen LogP contribution is -2.27. The van der Waals surface area contributed by atoms with Gasteiger partial charge in [-0.05, 0) is 67.2 Å². The standard InChI is InChI=1S/C24H23BrFN3O5/c1-23(2,3)34-22(31)29-13-17(20-21(29)27-12-19(25)28-20)18(30)9-10-24(4,33-14-32-5)15-7-6-8-16(26)11-15/h6-8,11-13H,14H2,1-5H3. The minimum atomic E-state index is -1.34. The van der Waals surface area contributed by atoms with E-state index in [1.807, 2.05) is 0 Å². The van der Waals surface area contributed by atoms with E-state index in [4.69, 9.17) is 14.2 Å². The van der Waals surface area contributed by atoms with Crippen LogP contribution in [-0.2, 0) is 19.8 Å². The van der Waals surface area contributed by atoms with E-state index in [0.717, 1.165) is 4.57 Å². The van der Waals surface area contributed by atoms with Gasteiger partial charge in [0.1, 0.15) is 28.3 Å². The van der Waals surface area contributed by atoms with Gasteiger partial charge in [-0.2, -0.15) is 0 Å². The molecular formula is C24H23BrFN3O5. The molecule has 3 rings (SSSR count). The van der Waals surface area contributed by atoms with E-state index in [1.165, 1.54) is 37.7 Å². The van der Waals surface area contributed by atoms with Gasteiger partial charge in [0, 0.05) is 13.3 Å². The highest BCUT2D eigenvalue weighted by Gasteiger charge is 2.28. The van der Waals surface area contributed by atoms with Gasteiger partial charge in [-0.3, -0.25) is 4.79 Å². The number of Topliss-reactive ketones (excluding diaryl/α,β-unsaturated/α-hetero) is 1. The first-order chi connectivity index (χ1) is 15.9. The third-order valence-corrected chi connectivity index (χ3v) is 4.94. The van der Waals surface area contributed by atoms with Gasteiger partial charge in [-0.1, -0.05) is 18.1 Å². The molecule has 0 aliphatic heterocycles. The van der Waals surface area contributed by atoms with Crippen LogP contribution < -0.4 is 0 Å². The maximum atomic E-state index is 13.8. The highest BCUT2D eigenvalue weighted by Crippen LogP contribution is 2.26. The van der Waals surface area contributed by atoms with Crippen LogP contribution in [0.5, 0.6) is 0 Å². The molecule has 0 amide bonds. The average Bonchev–Trinajstić information content (AvgIpc) is 3.14. The second-order valence-corrected chi connectivity index (χ2v) is 9.24. The lowest BCUT2D eigenvalue weighted by atomic mass is 9.95. The van der Waals surface area contributed by atoms with Gasteiger partial charge in [-0.15, -0.1) is 0 Å². The normalized spacial score (nSPS) is 13.1. The van der Waals surface area contributed by atoms with E-state index < -0.39 is 28.9 Å². The quantitative estimate of drug-likeness (QED) is 0.201. The predicted octanol–water partition coefficient (Wildman–Crippen LogP) is 4.84.